The van der Waals surface area contributed by atoms with Crippen molar-refractivity contribution < 1.29 is 23.5 Å². The van der Waals surface area contributed by atoms with Gasteiger partial charge >= 0.3 is 5.97 Å². The van der Waals surface area contributed by atoms with Gasteiger partial charge in [-0.15, -0.1) is 0 Å². The summed E-state index contributed by atoms with van der Waals surface area (Å²) in [6.07, 6.45) is 0. The van der Waals surface area contributed by atoms with Gasteiger partial charge in [0, 0.05) is 11.6 Å². The summed E-state index contributed by atoms with van der Waals surface area (Å²) >= 11 is 0. The van der Waals surface area contributed by atoms with E-state index in [0.29, 0.717) is 0 Å². The molecule has 2 aromatic carbocycles. The first-order chi connectivity index (χ1) is 9.02. The molecule has 19 heavy (non-hydrogen) atoms. The Morgan fingerprint density at radius 3 is 2.47 bits per heavy atom. The molecule has 98 valence electrons. The lowest BCUT2D eigenvalue weighted by atomic mass is 10.0. The number of carboxylic acids is 1. The van der Waals surface area contributed by atoms with Crippen LogP contribution in [0.1, 0.15) is 10.4 Å². The van der Waals surface area contributed by atoms with E-state index in [-0.39, 0.29) is 22.4 Å². The van der Waals surface area contributed by atoms with Gasteiger partial charge in [0.05, 0.1) is 0 Å². The molecule has 3 N–H and O–H groups in total. The van der Waals surface area contributed by atoms with Crippen LogP contribution >= 0.6 is 0 Å². The van der Waals surface area contributed by atoms with Crippen LogP contribution in [0.15, 0.2) is 36.4 Å². The molecule has 0 unspecified atom stereocenters. The lowest BCUT2D eigenvalue weighted by Crippen LogP contribution is -2.08. The molecule has 0 bridgehead atoms. The maximum absolute atomic E-state index is 13.6. The molecule has 0 aliphatic heterocycles. The van der Waals surface area contributed by atoms with Crippen LogP contribution in [0, 0.1) is 11.6 Å². The number of rotatable bonds is 3. The topological polar surface area (TPSA) is 72.5 Å². The summed E-state index contributed by atoms with van der Waals surface area (Å²) in [5, 5.41) is 8.99. The van der Waals surface area contributed by atoms with Gasteiger partial charge in [-0.05, 0) is 29.8 Å². The normalized spacial score (nSPS) is 10.3. The van der Waals surface area contributed by atoms with Crippen molar-refractivity contribution in [1.82, 2.24) is 0 Å². The Bertz CT molecular complexity index is 644. The third-order valence-corrected chi connectivity index (χ3v) is 2.58. The van der Waals surface area contributed by atoms with E-state index in [4.69, 9.17) is 11.0 Å². The van der Waals surface area contributed by atoms with Crippen molar-refractivity contribution in [3.63, 3.8) is 0 Å². The van der Waals surface area contributed by atoms with E-state index in [1.807, 2.05) is 0 Å². The molecule has 4 nitrogen and oxygen atoms in total. The lowest BCUT2D eigenvalue weighted by Gasteiger charge is -2.08. The second-order valence-electron chi connectivity index (χ2n) is 3.76. The van der Waals surface area contributed by atoms with Crippen LogP contribution in [0.3, 0.4) is 0 Å². The van der Waals surface area contributed by atoms with Crippen molar-refractivity contribution in [3.8, 4) is 16.9 Å². The minimum Gasteiger partial charge on any atom is -0.478 e. The van der Waals surface area contributed by atoms with E-state index in [9.17, 15) is 13.6 Å². The molecule has 0 fully saturated rings. The summed E-state index contributed by atoms with van der Waals surface area (Å²) in [7, 11) is 0. The standard InChI is InChI=1S/C13H9F2NO3/c14-8-2-3-9(11(15)6-8)7-1-4-12(19-16)10(5-7)13(17)18/h1-6H,16H2,(H,17,18). The molecule has 0 saturated heterocycles. The van der Waals surface area contributed by atoms with Gasteiger partial charge in [0.15, 0.2) is 5.75 Å². The predicted octanol–water partition coefficient (Wildman–Crippen LogP) is 2.58. The summed E-state index contributed by atoms with van der Waals surface area (Å²) in [5.74, 6) is 2.15. The Morgan fingerprint density at radius 2 is 1.89 bits per heavy atom. The fourth-order valence-corrected chi connectivity index (χ4v) is 1.69. The first-order valence-electron chi connectivity index (χ1n) is 5.22. The molecule has 2 rings (SSSR count). The second kappa shape index (κ2) is 5.03. The number of carbonyl (C=O) groups is 1. The number of aromatic carboxylic acids is 1. The fourth-order valence-electron chi connectivity index (χ4n) is 1.69. The Labute approximate surface area is 107 Å². The van der Waals surface area contributed by atoms with Crippen LogP contribution in [-0.2, 0) is 0 Å². The first kappa shape index (κ1) is 13.0. The van der Waals surface area contributed by atoms with Crippen LogP contribution < -0.4 is 10.7 Å². The number of halogens is 2. The maximum atomic E-state index is 13.6. The molecule has 0 heterocycles. The van der Waals surface area contributed by atoms with E-state index in [1.165, 1.54) is 24.3 Å². The van der Waals surface area contributed by atoms with E-state index in [0.717, 1.165) is 12.1 Å². The van der Waals surface area contributed by atoms with Crippen LogP contribution in [0.4, 0.5) is 8.78 Å². The highest BCUT2D eigenvalue weighted by Gasteiger charge is 2.14. The van der Waals surface area contributed by atoms with Crippen molar-refractivity contribution in [3.05, 3.63) is 53.6 Å². The zero-order chi connectivity index (χ0) is 14.0. The molecule has 2 aromatic rings. The van der Waals surface area contributed by atoms with Gasteiger partial charge in [-0.3, -0.25) is 0 Å². The Morgan fingerprint density at radius 1 is 1.16 bits per heavy atom. The average Bonchev–Trinajstić information content (AvgIpc) is 2.38. The molecular weight excluding hydrogens is 256 g/mol. The maximum Gasteiger partial charge on any atom is 0.339 e. The molecule has 0 aliphatic carbocycles. The Kier molecular flexibility index (Phi) is 3.43. The Hall–Kier alpha value is -2.47. The van der Waals surface area contributed by atoms with Crippen LogP contribution in [0.2, 0.25) is 0 Å². The largest absolute Gasteiger partial charge is 0.478 e. The highest BCUT2D eigenvalue weighted by molar-refractivity contribution is 5.92. The zero-order valence-corrected chi connectivity index (χ0v) is 9.56. The fraction of sp³-hybridized carbons (Fsp3) is 0. The van der Waals surface area contributed by atoms with E-state index in [1.54, 1.807) is 0 Å². The van der Waals surface area contributed by atoms with Crippen molar-refractivity contribution in [2.45, 2.75) is 0 Å². The molecule has 0 amide bonds. The number of carboxylic acid groups (broad SMARTS) is 1. The average molecular weight is 265 g/mol. The molecule has 0 saturated carbocycles. The summed E-state index contributed by atoms with van der Waals surface area (Å²) in [4.78, 5) is 15.4. The summed E-state index contributed by atoms with van der Waals surface area (Å²) < 4.78 is 26.4. The summed E-state index contributed by atoms with van der Waals surface area (Å²) in [6, 6.07) is 7.00. The molecule has 0 spiro atoms. The van der Waals surface area contributed by atoms with Gasteiger partial charge in [0.1, 0.15) is 17.2 Å². The van der Waals surface area contributed by atoms with Crippen LogP contribution in [0.25, 0.3) is 11.1 Å². The second-order valence-corrected chi connectivity index (χ2v) is 3.76. The number of benzene rings is 2. The van der Waals surface area contributed by atoms with Crippen LogP contribution in [0.5, 0.6) is 5.75 Å². The molecular formula is C13H9F2NO3. The van der Waals surface area contributed by atoms with Gasteiger partial charge in [-0.1, -0.05) is 6.07 Å². The summed E-state index contributed by atoms with van der Waals surface area (Å²) in [6.45, 7) is 0. The molecule has 0 aliphatic rings. The van der Waals surface area contributed by atoms with E-state index < -0.39 is 17.6 Å². The van der Waals surface area contributed by atoms with Gasteiger partial charge < -0.3 is 9.94 Å². The van der Waals surface area contributed by atoms with Crippen molar-refractivity contribution in [1.29, 1.82) is 0 Å². The quantitative estimate of drug-likeness (QED) is 0.836. The van der Waals surface area contributed by atoms with Crippen molar-refractivity contribution in [2.75, 3.05) is 0 Å². The number of hydrogen-bond donors (Lipinski definition) is 2. The van der Waals surface area contributed by atoms with Crippen molar-refractivity contribution >= 4 is 5.97 Å². The number of nitrogens with two attached hydrogens (primary N) is 1. The molecule has 0 aromatic heterocycles. The Balaban J connectivity index is 2.57. The van der Waals surface area contributed by atoms with Gasteiger partial charge in [-0.2, -0.15) is 5.90 Å². The smallest absolute Gasteiger partial charge is 0.339 e. The third kappa shape index (κ3) is 2.53. The third-order valence-electron chi connectivity index (χ3n) is 2.58. The highest BCUT2D eigenvalue weighted by atomic mass is 19.1. The monoisotopic (exact) mass is 265 g/mol. The number of hydrogen-bond acceptors (Lipinski definition) is 3. The van der Waals surface area contributed by atoms with Gasteiger partial charge in [0.2, 0.25) is 0 Å². The van der Waals surface area contributed by atoms with Crippen LogP contribution in [-0.4, -0.2) is 11.1 Å². The zero-order valence-electron chi connectivity index (χ0n) is 9.56. The summed E-state index contributed by atoms with van der Waals surface area (Å²) in [5.41, 5.74) is 0.173. The first-order valence-corrected chi connectivity index (χ1v) is 5.22. The molecule has 0 radical (unpaired) electrons. The highest BCUT2D eigenvalue weighted by Crippen LogP contribution is 2.28. The minimum atomic E-state index is -1.26. The van der Waals surface area contributed by atoms with Gasteiger partial charge in [-0.25, -0.2) is 13.6 Å². The SMILES string of the molecule is NOc1ccc(-c2ccc(F)cc2F)cc1C(=O)O. The lowest BCUT2D eigenvalue weighted by molar-refractivity contribution is 0.0692. The molecule has 6 heteroatoms. The minimum absolute atomic E-state index is 0.0428. The van der Waals surface area contributed by atoms with E-state index >= 15 is 0 Å². The molecule has 0 atom stereocenters. The van der Waals surface area contributed by atoms with Gasteiger partial charge in [0.25, 0.3) is 0 Å². The van der Waals surface area contributed by atoms with Crippen molar-refractivity contribution in [2.24, 2.45) is 5.90 Å². The predicted molar refractivity (Wildman–Crippen MR) is 63.6 cm³/mol. The van der Waals surface area contributed by atoms with E-state index in [2.05, 4.69) is 4.84 Å².